The van der Waals surface area contributed by atoms with E-state index in [1.54, 1.807) is 14.0 Å². The van der Waals surface area contributed by atoms with Crippen LogP contribution in [-0.2, 0) is 0 Å². The first kappa shape index (κ1) is 14.8. The number of nitro groups is 1. The Morgan fingerprint density at radius 3 is 2.74 bits per heavy atom. The van der Waals surface area contributed by atoms with Crippen LogP contribution in [0, 0.1) is 10.1 Å². The van der Waals surface area contributed by atoms with Gasteiger partial charge in [0.2, 0.25) is 5.82 Å². The van der Waals surface area contributed by atoms with Crippen LogP contribution in [-0.4, -0.2) is 45.8 Å². The molecule has 0 saturated heterocycles. The van der Waals surface area contributed by atoms with Gasteiger partial charge in [-0.1, -0.05) is 0 Å². The summed E-state index contributed by atoms with van der Waals surface area (Å²) in [6, 6.07) is 0.976. The molecule has 19 heavy (non-hydrogen) atoms. The minimum Gasteiger partial charge on any atom is -0.478 e. The molecule has 1 rings (SSSR count). The van der Waals surface area contributed by atoms with E-state index in [1.807, 2.05) is 0 Å². The topological polar surface area (TPSA) is 117 Å². The predicted molar refractivity (Wildman–Crippen MR) is 67.4 cm³/mol. The zero-order valence-corrected chi connectivity index (χ0v) is 10.6. The number of carboxylic acid groups (broad SMARTS) is 1. The van der Waals surface area contributed by atoms with Crippen molar-refractivity contribution in [2.24, 2.45) is 0 Å². The fourth-order valence-corrected chi connectivity index (χ4v) is 1.48. The van der Waals surface area contributed by atoms with E-state index in [-0.39, 0.29) is 17.1 Å². The summed E-state index contributed by atoms with van der Waals surface area (Å²) < 4.78 is 0. The highest BCUT2D eigenvalue weighted by molar-refractivity contribution is 5.88. The molecule has 8 nitrogen and oxygen atoms in total. The van der Waals surface area contributed by atoms with Crippen LogP contribution in [0.5, 0.6) is 0 Å². The number of hydrogen-bond donors (Lipinski definition) is 2. The molecule has 104 valence electrons. The van der Waals surface area contributed by atoms with Gasteiger partial charge in [0.15, 0.2) is 0 Å². The fraction of sp³-hybridized carbons (Fsp3) is 0.455. The van der Waals surface area contributed by atoms with Crippen molar-refractivity contribution < 1.29 is 19.9 Å². The summed E-state index contributed by atoms with van der Waals surface area (Å²) in [6.45, 7) is 1.99. The molecule has 1 unspecified atom stereocenters. The molecule has 0 aliphatic rings. The first-order chi connectivity index (χ1) is 8.82. The van der Waals surface area contributed by atoms with E-state index in [4.69, 9.17) is 5.11 Å². The summed E-state index contributed by atoms with van der Waals surface area (Å²) in [7, 11) is 1.60. The van der Waals surface area contributed by atoms with Gasteiger partial charge in [0.25, 0.3) is 0 Å². The second-order valence-corrected chi connectivity index (χ2v) is 4.19. The number of hydrogen-bond acceptors (Lipinski definition) is 6. The Labute approximate surface area is 109 Å². The molecule has 2 N–H and O–H groups in total. The van der Waals surface area contributed by atoms with Crippen LogP contribution in [0.1, 0.15) is 23.7 Å². The van der Waals surface area contributed by atoms with Gasteiger partial charge >= 0.3 is 11.7 Å². The third-order valence-electron chi connectivity index (χ3n) is 2.53. The van der Waals surface area contributed by atoms with Crippen molar-refractivity contribution in [1.29, 1.82) is 0 Å². The second kappa shape index (κ2) is 6.10. The Hall–Kier alpha value is -2.22. The van der Waals surface area contributed by atoms with Gasteiger partial charge in [-0.25, -0.2) is 9.78 Å². The largest absolute Gasteiger partial charge is 0.478 e. The molecule has 0 bridgehead atoms. The number of rotatable bonds is 6. The van der Waals surface area contributed by atoms with Crippen LogP contribution < -0.4 is 4.90 Å². The molecular formula is C11H15N3O5. The first-order valence-electron chi connectivity index (χ1n) is 5.60. The Morgan fingerprint density at radius 1 is 1.63 bits per heavy atom. The number of carboxylic acids is 1. The summed E-state index contributed by atoms with van der Waals surface area (Å²) in [6.07, 6.45) is 0.972. The fourth-order valence-electron chi connectivity index (χ4n) is 1.48. The zero-order chi connectivity index (χ0) is 14.6. The highest BCUT2D eigenvalue weighted by Crippen LogP contribution is 2.25. The Bertz CT molecular complexity index is 489. The number of aliphatic hydroxyl groups excluding tert-OH is 1. The van der Waals surface area contributed by atoms with Crippen molar-refractivity contribution in [3.8, 4) is 0 Å². The van der Waals surface area contributed by atoms with E-state index in [2.05, 4.69) is 4.98 Å². The molecule has 0 aliphatic heterocycles. The van der Waals surface area contributed by atoms with E-state index in [9.17, 15) is 20.0 Å². The van der Waals surface area contributed by atoms with Gasteiger partial charge in [0.1, 0.15) is 0 Å². The Balaban J connectivity index is 3.06. The van der Waals surface area contributed by atoms with Gasteiger partial charge in [-0.15, -0.1) is 0 Å². The van der Waals surface area contributed by atoms with E-state index >= 15 is 0 Å². The number of anilines is 1. The van der Waals surface area contributed by atoms with Gasteiger partial charge < -0.3 is 15.1 Å². The molecular weight excluding hydrogens is 254 g/mol. The molecule has 0 fully saturated rings. The maximum absolute atomic E-state index is 10.9. The van der Waals surface area contributed by atoms with Crippen molar-refractivity contribution in [3.63, 3.8) is 0 Å². The lowest BCUT2D eigenvalue weighted by molar-refractivity contribution is -0.384. The van der Waals surface area contributed by atoms with Crippen molar-refractivity contribution >= 4 is 17.5 Å². The predicted octanol–water partition coefficient (Wildman–Crippen LogP) is 0.895. The molecule has 0 spiro atoms. The van der Waals surface area contributed by atoms with Crippen molar-refractivity contribution in [2.75, 3.05) is 18.5 Å². The average molecular weight is 269 g/mol. The quantitative estimate of drug-likeness (QED) is 0.581. The first-order valence-corrected chi connectivity index (χ1v) is 5.60. The minimum absolute atomic E-state index is 0.0793. The van der Waals surface area contributed by atoms with Crippen LogP contribution >= 0.6 is 0 Å². The van der Waals surface area contributed by atoms with Crippen molar-refractivity contribution in [1.82, 2.24) is 4.98 Å². The maximum atomic E-state index is 10.9. The number of nitrogens with zero attached hydrogens (tertiary/aromatic N) is 3. The summed E-state index contributed by atoms with van der Waals surface area (Å²) in [5.74, 6) is -1.19. The minimum atomic E-state index is -1.27. The number of pyridine rings is 1. The third-order valence-corrected chi connectivity index (χ3v) is 2.53. The number of aliphatic hydroxyl groups is 1. The van der Waals surface area contributed by atoms with Crippen LogP contribution in [0.25, 0.3) is 0 Å². The molecule has 1 aromatic rings. The smallest absolute Gasteiger partial charge is 0.337 e. The van der Waals surface area contributed by atoms with Gasteiger partial charge in [-0.05, 0) is 13.3 Å². The van der Waals surface area contributed by atoms with E-state index in [1.165, 1.54) is 4.90 Å². The standard InChI is InChI=1S/C11H15N3O5/c1-7(15)3-4-13(2)10-9(14(18)19)5-8(6-12-10)11(16)17/h5-7,15H,3-4H2,1-2H3,(H,16,17). The second-order valence-electron chi connectivity index (χ2n) is 4.19. The summed E-state index contributed by atoms with van der Waals surface area (Å²) in [5, 5.41) is 28.9. The molecule has 0 radical (unpaired) electrons. The van der Waals surface area contributed by atoms with Crippen molar-refractivity contribution in [3.05, 3.63) is 27.9 Å². The van der Waals surface area contributed by atoms with E-state index < -0.39 is 17.0 Å². The summed E-state index contributed by atoms with van der Waals surface area (Å²) >= 11 is 0. The average Bonchev–Trinajstić information content (AvgIpc) is 2.34. The third kappa shape index (κ3) is 3.88. The molecule has 0 amide bonds. The highest BCUT2D eigenvalue weighted by atomic mass is 16.6. The molecule has 0 saturated carbocycles. The van der Waals surface area contributed by atoms with Crippen molar-refractivity contribution in [2.45, 2.75) is 19.4 Å². The molecule has 1 aromatic heterocycles. The van der Waals surface area contributed by atoms with Crippen LogP contribution in [0.2, 0.25) is 0 Å². The zero-order valence-electron chi connectivity index (χ0n) is 10.6. The van der Waals surface area contributed by atoms with Gasteiger partial charge in [-0.3, -0.25) is 10.1 Å². The molecule has 8 heteroatoms. The SMILES string of the molecule is CC(O)CCN(C)c1ncc(C(=O)O)cc1[N+](=O)[O-]. The lowest BCUT2D eigenvalue weighted by Gasteiger charge is -2.18. The number of carbonyl (C=O) groups is 1. The number of aromatic carboxylic acids is 1. The van der Waals surface area contributed by atoms with Gasteiger partial charge in [0.05, 0.1) is 16.6 Å². The highest BCUT2D eigenvalue weighted by Gasteiger charge is 2.21. The molecule has 1 atom stereocenters. The van der Waals surface area contributed by atoms with E-state index in [0.717, 1.165) is 12.3 Å². The lowest BCUT2D eigenvalue weighted by Crippen LogP contribution is -2.24. The van der Waals surface area contributed by atoms with Crippen LogP contribution in [0.4, 0.5) is 11.5 Å². The van der Waals surface area contributed by atoms with Crippen LogP contribution in [0.3, 0.4) is 0 Å². The van der Waals surface area contributed by atoms with Crippen LogP contribution in [0.15, 0.2) is 12.3 Å². The van der Waals surface area contributed by atoms with E-state index in [0.29, 0.717) is 13.0 Å². The molecule has 0 aliphatic carbocycles. The maximum Gasteiger partial charge on any atom is 0.337 e. The monoisotopic (exact) mass is 269 g/mol. The lowest BCUT2D eigenvalue weighted by atomic mass is 10.2. The summed E-state index contributed by atoms with van der Waals surface area (Å²) in [4.78, 5) is 26.4. The Morgan fingerprint density at radius 2 is 2.26 bits per heavy atom. The molecule has 0 aromatic carbocycles. The normalized spacial score (nSPS) is 11.9. The summed E-state index contributed by atoms with van der Waals surface area (Å²) in [5.41, 5.74) is -0.604. The van der Waals surface area contributed by atoms with Gasteiger partial charge in [0, 0.05) is 25.9 Å². The van der Waals surface area contributed by atoms with Gasteiger partial charge in [-0.2, -0.15) is 0 Å². The number of aromatic nitrogens is 1. The Kier molecular flexibility index (Phi) is 4.76. The molecule has 1 heterocycles.